The zero-order valence-electron chi connectivity index (χ0n) is 8.05. The summed E-state index contributed by atoms with van der Waals surface area (Å²) >= 11 is 5.90. The van der Waals surface area contributed by atoms with Gasteiger partial charge < -0.3 is 0 Å². The van der Waals surface area contributed by atoms with Gasteiger partial charge in [0.2, 0.25) is 0 Å². The van der Waals surface area contributed by atoms with Gasteiger partial charge in [0.15, 0.2) is 0 Å². The number of hydrogen-bond acceptors (Lipinski definition) is 0. The number of rotatable bonds is 4. The van der Waals surface area contributed by atoms with Crippen molar-refractivity contribution < 1.29 is 4.39 Å². The highest BCUT2D eigenvalue weighted by Crippen LogP contribution is 2.39. The van der Waals surface area contributed by atoms with Crippen molar-refractivity contribution in [2.75, 3.05) is 5.88 Å². The minimum Gasteiger partial charge on any atom is -0.207 e. The molecule has 0 heterocycles. The van der Waals surface area contributed by atoms with Crippen molar-refractivity contribution in [3.63, 3.8) is 0 Å². The molecule has 0 aliphatic heterocycles. The Labute approximate surface area is 89.1 Å². The van der Waals surface area contributed by atoms with Gasteiger partial charge >= 0.3 is 0 Å². The van der Waals surface area contributed by atoms with Crippen molar-refractivity contribution in [2.45, 2.75) is 19.3 Å². The van der Waals surface area contributed by atoms with Gasteiger partial charge in [0, 0.05) is 5.88 Å². The average molecular weight is 213 g/mol. The van der Waals surface area contributed by atoms with Gasteiger partial charge in [0.1, 0.15) is 5.82 Å². The maximum Gasteiger partial charge on any atom is 0.123 e. The van der Waals surface area contributed by atoms with E-state index in [9.17, 15) is 4.39 Å². The summed E-state index contributed by atoms with van der Waals surface area (Å²) in [6.45, 7) is 0. The molecule has 1 fully saturated rings. The van der Waals surface area contributed by atoms with Crippen LogP contribution in [0.3, 0.4) is 0 Å². The van der Waals surface area contributed by atoms with Crippen LogP contribution in [-0.2, 0) is 6.42 Å². The van der Waals surface area contributed by atoms with Crippen molar-refractivity contribution in [1.82, 2.24) is 0 Å². The third-order valence-electron chi connectivity index (χ3n) is 2.87. The molecule has 1 saturated carbocycles. The molecule has 1 atom stereocenters. The lowest BCUT2D eigenvalue weighted by Crippen LogP contribution is -2.08. The predicted octanol–water partition coefficient (Wildman–Crippen LogP) is 3.63. The van der Waals surface area contributed by atoms with Crippen molar-refractivity contribution in [3.8, 4) is 0 Å². The molecule has 0 amide bonds. The second-order valence-corrected chi connectivity index (χ2v) is 4.39. The summed E-state index contributed by atoms with van der Waals surface area (Å²) in [7, 11) is 0. The third kappa shape index (κ3) is 2.48. The maximum atomic E-state index is 12.9. The molecule has 0 nitrogen and oxygen atoms in total. The summed E-state index contributed by atoms with van der Waals surface area (Å²) in [4.78, 5) is 0. The highest BCUT2D eigenvalue weighted by molar-refractivity contribution is 6.18. The normalized spacial score (nSPS) is 18.1. The van der Waals surface area contributed by atoms with E-state index in [1.54, 1.807) is 12.1 Å². The van der Waals surface area contributed by atoms with E-state index < -0.39 is 0 Å². The van der Waals surface area contributed by atoms with Gasteiger partial charge in [-0.15, -0.1) is 11.6 Å². The van der Waals surface area contributed by atoms with Crippen molar-refractivity contribution >= 4 is 11.6 Å². The summed E-state index contributed by atoms with van der Waals surface area (Å²) < 4.78 is 12.9. The topological polar surface area (TPSA) is 0 Å². The first-order chi connectivity index (χ1) is 6.79. The fourth-order valence-corrected chi connectivity index (χ4v) is 2.24. The van der Waals surface area contributed by atoms with E-state index in [4.69, 9.17) is 11.6 Å². The summed E-state index contributed by atoms with van der Waals surface area (Å²) in [5, 5.41) is 0. The average Bonchev–Trinajstić information content (AvgIpc) is 2.97. The molecule has 2 heteroatoms. The molecule has 0 aromatic heterocycles. The Morgan fingerprint density at radius 1 is 1.43 bits per heavy atom. The second kappa shape index (κ2) is 4.31. The van der Waals surface area contributed by atoms with Crippen molar-refractivity contribution in [3.05, 3.63) is 35.6 Å². The highest BCUT2D eigenvalue weighted by Gasteiger charge is 2.30. The molecule has 1 aliphatic rings. The molecule has 0 N–H and O–H groups in total. The lowest BCUT2D eigenvalue weighted by atomic mass is 9.96. The van der Waals surface area contributed by atoms with Crippen LogP contribution in [0.25, 0.3) is 0 Å². The lowest BCUT2D eigenvalue weighted by Gasteiger charge is -2.12. The Morgan fingerprint density at radius 3 is 2.79 bits per heavy atom. The molecule has 1 aliphatic carbocycles. The molecule has 14 heavy (non-hydrogen) atoms. The van der Waals surface area contributed by atoms with Crippen LogP contribution in [0.1, 0.15) is 18.4 Å². The summed E-state index contributed by atoms with van der Waals surface area (Å²) in [5.41, 5.74) is 1.07. The quantitative estimate of drug-likeness (QED) is 0.669. The van der Waals surface area contributed by atoms with E-state index >= 15 is 0 Å². The lowest BCUT2D eigenvalue weighted by molar-refractivity contribution is 0.510. The van der Waals surface area contributed by atoms with Crippen molar-refractivity contribution in [1.29, 1.82) is 0 Å². The van der Waals surface area contributed by atoms with E-state index in [2.05, 4.69) is 0 Å². The molecule has 76 valence electrons. The zero-order valence-corrected chi connectivity index (χ0v) is 8.80. The number of benzene rings is 1. The van der Waals surface area contributed by atoms with Crippen LogP contribution < -0.4 is 0 Å². The van der Waals surface area contributed by atoms with Crippen LogP contribution in [-0.4, -0.2) is 5.88 Å². The van der Waals surface area contributed by atoms with E-state index in [1.165, 1.54) is 18.9 Å². The molecule has 0 spiro atoms. The van der Waals surface area contributed by atoms with Crippen LogP contribution in [0.2, 0.25) is 0 Å². The first-order valence-corrected chi connectivity index (χ1v) is 5.63. The van der Waals surface area contributed by atoms with E-state index in [0.717, 1.165) is 17.9 Å². The fraction of sp³-hybridized carbons (Fsp3) is 0.500. The van der Waals surface area contributed by atoms with Gasteiger partial charge in [-0.2, -0.15) is 0 Å². The first-order valence-electron chi connectivity index (χ1n) is 5.10. The number of hydrogen-bond donors (Lipinski definition) is 0. The van der Waals surface area contributed by atoms with Gasteiger partial charge in [0.05, 0.1) is 0 Å². The largest absolute Gasteiger partial charge is 0.207 e. The van der Waals surface area contributed by atoms with Gasteiger partial charge in [-0.05, 0) is 48.8 Å². The predicted molar refractivity (Wildman–Crippen MR) is 57.0 cm³/mol. The molecular weight excluding hydrogens is 199 g/mol. The van der Waals surface area contributed by atoms with Crippen LogP contribution >= 0.6 is 11.6 Å². The molecule has 1 aromatic carbocycles. The molecular formula is C12H14ClF. The monoisotopic (exact) mass is 212 g/mol. The summed E-state index contributed by atoms with van der Waals surface area (Å²) in [5.74, 6) is 1.88. The van der Waals surface area contributed by atoms with Crippen LogP contribution in [0.15, 0.2) is 24.3 Å². The van der Waals surface area contributed by atoms with Gasteiger partial charge in [-0.1, -0.05) is 12.1 Å². The molecule has 2 rings (SSSR count). The Hall–Kier alpha value is -0.560. The summed E-state index contributed by atoms with van der Waals surface area (Å²) in [6, 6.07) is 6.84. The standard InChI is InChI=1S/C12H14ClF/c13-8-11(10-4-5-10)6-9-2-1-3-12(14)7-9/h1-3,7,10-11H,4-6,8H2. The molecule has 1 unspecified atom stereocenters. The Morgan fingerprint density at radius 2 is 2.21 bits per heavy atom. The van der Waals surface area contributed by atoms with Gasteiger partial charge in [-0.25, -0.2) is 4.39 Å². The van der Waals surface area contributed by atoms with Crippen LogP contribution in [0.5, 0.6) is 0 Å². The zero-order chi connectivity index (χ0) is 9.97. The summed E-state index contributed by atoms with van der Waals surface area (Å²) in [6.07, 6.45) is 3.52. The number of alkyl halides is 1. The highest BCUT2D eigenvalue weighted by atomic mass is 35.5. The minimum absolute atomic E-state index is 0.147. The SMILES string of the molecule is Fc1cccc(CC(CCl)C2CC2)c1. The van der Waals surface area contributed by atoms with E-state index in [1.807, 2.05) is 6.07 Å². The molecule has 0 saturated heterocycles. The Balaban J connectivity index is 2.01. The molecule has 0 bridgehead atoms. The molecule has 0 radical (unpaired) electrons. The van der Waals surface area contributed by atoms with E-state index in [0.29, 0.717) is 11.8 Å². The maximum absolute atomic E-state index is 12.9. The minimum atomic E-state index is -0.147. The number of halogens is 2. The van der Waals surface area contributed by atoms with Gasteiger partial charge in [-0.3, -0.25) is 0 Å². The van der Waals surface area contributed by atoms with Crippen LogP contribution in [0.4, 0.5) is 4.39 Å². The van der Waals surface area contributed by atoms with E-state index in [-0.39, 0.29) is 5.82 Å². The first kappa shape index (κ1) is 9.97. The Kier molecular flexibility index (Phi) is 3.07. The Bertz CT molecular complexity index is 307. The van der Waals surface area contributed by atoms with Gasteiger partial charge in [0.25, 0.3) is 0 Å². The van der Waals surface area contributed by atoms with Crippen LogP contribution in [0, 0.1) is 17.7 Å². The third-order valence-corrected chi connectivity index (χ3v) is 3.27. The molecule has 1 aromatic rings. The second-order valence-electron chi connectivity index (χ2n) is 4.09. The van der Waals surface area contributed by atoms with Crippen molar-refractivity contribution in [2.24, 2.45) is 11.8 Å². The smallest absolute Gasteiger partial charge is 0.123 e. The fourth-order valence-electron chi connectivity index (χ4n) is 1.88.